The summed E-state index contributed by atoms with van der Waals surface area (Å²) < 4.78 is 4.90. The lowest BCUT2D eigenvalue weighted by molar-refractivity contribution is 0.0996. The number of thiazole rings is 1. The molecule has 90 valence electrons. The number of fused-ring (bicyclic) bond motifs is 1. The quantitative estimate of drug-likeness (QED) is 0.726. The molecule has 0 saturated heterocycles. The molecular formula is C11H7N3O3S. The smallest absolute Gasteiger partial charge is 0.408 e. The first-order valence-electron chi connectivity index (χ1n) is 5.02. The van der Waals surface area contributed by atoms with Crippen LogP contribution in [0, 0.1) is 0 Å². The zero-order valence-corrected chi connectivity index (χ0v) is 9.78. The zero-order valence-electron chi connectivity index (χ0n) is 8.97. The number of carbonyl (C=O) groups is 1. The van der Waals surface area contributed by atoms with Crippen LogP contribution in [0.3, 0.4) is 0 Å². The maximum absolute atomic E-state index is 11.0. The van der Waals surface area contributed by atoms with Crippen LogP contribution in [0.5, 0.6) is 0 Å². The maximum Gasteiger partial charge on any atom is 0.417 e. The van der Waals surface area contributed by atoms with Crippen molar-refractivity contribution < 1.29 is 9.21 Å². The van der Waals surface area contributed by atoms with Gasteiger partial charge in [0.2, 0.25) is 0 Å². The van der Waals surface area contributed by atoms with Crippen molar-refractivity contribution in [3.05, 3.63) is 39.8 Å². The highest BCUT2D eigenvalue weighted by Gasteiger charge is 2.10. The molecule has 3 aromatic rings. The third-order valence-corrected chi connectivity index (χ3v) is 3.31. The fourth-order valence-corrected chi connectivity index (χ4v) is 2.41. The van der Waals surface area contributed by atoms with Gasteiger partial charge in [0.1, 0.15) is 10.7 Å². The number of aromatic nitrogens is 2. The molecule has 3 N–H and O–H groups in total. The number of oxazole rings is 1. The van der Waals surface area contributed by atoms with Gasteiger partial charge in [-0.15, -0.1) is 11.3 Å². The van der Waals surface area contributed by atoms with Crippen LogP contribution in [0.15, 0.2) is 32.8 Å². The van der Waals surface area contributed by atoms with Crippen molar-refractivity contribution in [1.29, 1.82) is 0 Å². The molecule has 0 bridgehead atoms. The molecule has 6 nitrogen and oxygen atoms in total. The minimum Gasteiger partial charge on any atom is -0.408 e. The molecule has 3 rings (SSSR count). The molecule has 0 unspecified atom stereocenters. The highest BCUT2D eigenvalue weighted by Crippen LogP contribution is 2.26. The van der Waals surface area contributed by atoms with Crippen molar-refractivity contribution in [2.45, 2.75) is 0 Å². The van der Waals surface area contributed by atoms with Crippen LogP contribution in [0.1, 0.15) is 10.5 Å². The van der Waals surface area contributed by atoms with Crippen molar-refractivity contribution >= 4 is 28.3 Å². The summed E-state index contributed by atoms with van der Waals surface area (Å²) in [6, 6.07) is 5.18. The van der Waals surface area contributed by atoms with Crippen molar-refractivity contribution in [3.8, 4) is 10.6 Å². The van der Waals surface area contributed by atoms with Gasteiger partial charge in [-0.2, -0.15) is 0 Å². The number of nitrogens with two attached hydrogens (primary N) is 1. The van der Waals surface area contributed by atoms with E-state index in [4.69, 9.17) is 10.2 Å². The van der Waals surface area contributed by atoms with Gasteiger partial charge in [0.05, 0.1) is 5.52 Å². The van der Waals surface area contributed by atoms with Gasteiger partial charge in [-0.1, -0.05) is 0 Å². The molecule has 0 saturated carbocycles. The molecule has 0 spiro atoms. The normalized spacial score (nSPS) is 10.9. The summed E-state index contributed by atoms with van der Waals surface area (Å²) in [5.74, 6) is -1.06. The lowest BCUT2D eigenvalue weighted by Crippen LogP contribution is -2.10. The molecule has 0 aliphatic carbocycles. The molecule has 2 heterocycles. The van der Waals surface area contributed by atoms with E-state index in [0.717, 1.165) is 5.56 Å². The molecule has 0 atom stereocenters. The van der Waals surface area contributed by atoms with Gasteiger partial charge in [-0.25, -0.2) is 9.78 Å². The van der Waals surface area contributed by atoms with Crippen molar-refractivity contribution in [2.24, 2.45) is 5.73 Å². The molecule has 1 aromatic carbocycles. The van der Waals surface area contributed by atoms with Gasteiger partial charge in [0.25, 0.3) is 5.91 Å². The van der Waals surface area contributed by atoms with Gasteiger partial charge in [0, 0.05) is 10.9 Å². The molecular weight excluding hydrogens is 254 g/mol. The van der Waals surface area contributed by atoms with Crippen molar-refractivity contribution in [2.75, 3.05) is 0 Å². The van der Waals surface area contributed by atoms with Crippen LogP contribution in [0.2, 0.25) is 0 Å². The lowest BCUT2D eigenvalue weighted by Gasteiger charge is -1.95. The van der Waals surface area contributed by atoms with E-state index in [2.05, 4.69) is 9.97 Å². The first-order valence-corrected chi connectivity index (χ1v) is 5.90. The van der Waals surface area contributed by atoms with Gasteiger partial charge in [0.15, 0.2) is 5.58 Å². The second-order valence-electron chi connectivity index (χ2n) is 3.63. The Morgan fingerprint density at radius 1 is 1.44 bits per heavy atom. The molecule has 0 fully saturated rings. The number of aromatic amines is 1. The number of benzene rings is 1. The Labute approximate surface area is 104 Å². The Morgan fingerprint density at radius 3 is 3.00 bits per heavy atom. The van der Waals surface area contributed by atoms with Crippen molar-refractivity contribution in [3.63, 3.8) is 0 Å². The molecule has 18 heavy (non-hydrogen) atoms. The molecule has 2 aromatic heterocycles. The van der Waals surface area contributed by atoms with Crippen LogP contribution >= 0.6 is 11.3 Å². The summed E-state index contributed by atoms with van der Waals surface area (Å²) in [4.78, 5) is 28.7. The Balaban J connectivity index is 2.12. The third kappa shape index (κ3) is 1.70. The fraction of sp³-hybridized carbons (Fsp3) is 0. The van der Waals surface area contributed by atoms with Gasteiger partial charge < -0.3 is 10.2 Å². The summed E-state index contributed by atoms with van der Waals surface area (Å²) in [5, 5.41) is 2.26. The van der Waals surface area contributed by atoms with Gasteiger partial charge in [-0.3, -0.25) is 9.78 Å². The molecule has 0 aliphatic rings. The van der Waals surface area contributed by atoms with E-state index in [9.17, 15) is 9.59 Å². The SMILES string of the molecule is NC(=O)c1csc(-c2ccc3oc(=O)[nH]c3c2)n1. The first-order chi connectivity index (χ1) is 8.63. The third-order valence-electron chi connectivity index (χ3n) is 2.42. The number of rotatable bonds is 2. The highest BCUT2D eigenvalue weighted by atomic mass is 32.1. The fourth-order valence-electron chi connectivity index (χ4n) is 1.60. The van der Waals surface area contributed by atoms with Gasteiger partial charge in [-0.05, 0) is 18.2 Å². The largest absolute Gasteiger partial charge is 0.417 e. The van der Waals surface area contributed by atoms with Crippen LogP contribution < -0.4 is 11.5 Å². The van der Waals surface area contributed by atoms with E-state index in [-0.39, 0.29) is 5.69 Å². The number of hydrogen-bond donors (Lipinski definition) is 2. The van der Waals surface area contributed by atoms with E-state index in [1.807, 2.05) is 0 Å². The lowest BCUT2D eigenvalue weighted by atomic mass is 10.2. The molecule has 7 heteroatoms. The number of amides is 1. The number of nitrogens with zero attached hydrogens (tertiary/aromatic N) is 1. The Morgan fingerprint density at radius 2 is 2.28 bits per heavy atom. The van der Waals surface area contributed by atoms with E-state index < -0.39 is 11.7 Å². The predicted molar refractivity (Wildman–Crippen MR) is 66.5 cm³/mol. The summed E-state index contributed by atoms with van der Waals surface area (Å²) in [5.41, 5.74) is 7.24. The monoisotopic (exact) mass is 261 g/mol. The van der Waals surface area contributed by atoms with E-state index in [1.165, 1.54) is 11.3 Å². The number of hydrogen-bond acceptors (Lipinski definition) is 5. The Kier molecular flexibility index (Phi) is 2.27. The van der Waals surface area contributed by atoms with Crippen LogP contribution in [0.4, 0.5) is 0 Å². The maximum atomic E-state index is 11.0. The Bertz CT molecular complexity index is 799. The molecule has 1 amide bonds. The summed E-state index contributed by atoms with van der Waals surface area (Å²) >= 11 is 1.31. The molecule has 0 aliphatic heterocycles. The predicted octanol–water partition coefficient (Wildman–Crippen LogP) is 1.34. The first kappa shape index (κ1) is 10.7. The van der Waals surface area contributed by atoms with Crippen molar-refractivity contribution in [1.82, 2.24) is 9.97 Å². The minimum absolute atomic E-state index is 0.232. The average Bonchev–Trinajstić information content (AvgIpc) is 2.91. The van der Waals surface area contributed by atoms with Crippen LogP contribution in [-0.4, -0.2) is 15.9 Å². The average molecular weight is 261 g/mol. The van der Waals surface area contributed by atoms with Crippen LogP contribution in [-0.2, 0) is 0 Å². The van der Waals surface area contributed by atoms with E-state index in [1.54, 1.807) is 23.6 Å². The second-order valence-corrected chi connectivity index (χ2v) is 4.49. The summed E-state index contributed by atoms with van der Waals surface area (Å²) in [7, 11) is 0. The molecule has 0 radical (unpaired) electrons. The second kappa shape index (κ2) is 3.81. The van der Waals surface area contributed by atoms with E-state index >= 15 is 0 Å². The number of H-pyrrole nitrogens is 1. The minimum atomic E-state index is -0.560. The van der Waals surface area contributed by atoms with Crippen LogP contribution in [0.25, 0.3) is 21.7 Å². The zero-order chi connectivity index (χ0) is 12.7. The standard InChI is InChI=1S/C11H7N3O3S/c12-9(15)7-4-18-10(13-7)5-1-2-8-6(3-5)14-11(16)17-8/h1-4H,(H2,12,15)(H,14,16). The summed E-state index contributed by atoms with van der Waals surface area (Å²) in [6.07, 6.45) is 0. The number of nitrogens with one attached hydrogen (secondary N) is 1. The number of primary amides is 1. The van der Waals surface area contributed by atoms with E-state index in [0.29, 0.717) is 16.1 Å². The topological polar surface area (TPSA) is 102 Å². The highest BCUT2D eigenvalue weighted by molar-refractivity contribution is 7.13. The van der Waals surface area contributed by atoms with Gasteiger partial charge >= 0.3 is 5.76 Å². The Hall–Kier alpha value is -2.41. The number of carbonyl (C=O) groups excluding carboxylic acids is 1. The summed E-state index contributed by atoms with van der Waals surface area (Å²) in [6.45, 7) is 0.